The molecule has 0 amide bonds. The number of carboxylic acid groups (broad SMARTS) is 1. The van der Waals surface area contributed by atoms with Gasteiger partial charge in [-0.2, -0.15) is 5.26 Å². The summed E-state index contributed by atoms with van der Waals surface area (Å²) in [6, 6.07) is 9.97. The molecule has 0 spiro atoms. The smallest absolute Gasteiger partial charge is 0.0857 e. The maximum atomic E-state index is 11.6. The molecule has 4 rings (SSSR count). The van der Waals surface area contributed by atoms with Gasteiger partial charge in [0.1, 0.15) is 0 Å². The van der Waals surface area contributed by atoms with E-state index in [2.05, 4.69) is 11.1 Å². The molecule has 0 saturated heterocycles. The van der Waals surface area contributed by atoms with Gasteiger partial charge in [0.25, 0.3) is 0 Å². The normalized spacial score (nSPS) is 23.8. The second-order valence-electron chi connectivity index (χ2n) is 5.72. The molecule has 4 nitrogen and oxygen atoms in total. The summed E-state index contributed by atoms with van der Waals surface area (Å²) in [4.78, 5) is 15.0. The Balaban J connectivity index is 2.08. The summed E-state index contributed by atoms with van der Waals surface area (Å²) >= 11 is 0. The molecule has 2 aromatic rings. The van der Waals surface area contributed by atoms with Gasteiger partial charge in [-0.3, -0.25) is 0 Å². The van der Waals surface area contributed by atoms with E-state index < -0.39 is 17.8 Å². The van der Waals surface area contributed by atoms with Gasteiger partial charge >= 0.3 is 0 Å². The molecule has 21 heavy (non-hydrogen) atoms. The van der Waals surface area contributed by atoms with Crippen molar-refractivity contribution in [3.63, 3.8) is 0 Å². The summed E-state index contributed by atoms with van der Waals surface area (Å²) < 4.78 is 0. The van der Waals surface area contributed by atoms with Crippen molar-refractivity contribution < 1.29 is 9.90 Å². The van der Waals surface area contributed by atoms with Gasteiger partial charge in [-0.05, 0) is 30.9 Å². The molecule has 0 saturated carbocycles. The molecule has 1 aromatic heterocycles. The minimum absolute atomic E-state index is 0.669. The number of hydrogen-bond donors (Lipinski definition) is 1. The van der Waals surface area contributed by atoms with Crippen molar-refractivity contribution in [2.24, 2.45) is 5.92 Å². The number of aromatic nitrogens is 1. The third-order valence-corrected chi connectivity index (χ3v) is 4.72. The van der Waals surface area contributed by atoms with Crippen LogP contribution in [0.15, 0.2) is 29.8 Å². The second-order valence-corrected chi connectivity index (χ2v) is 5.72. The molecule has 104 valence electrons. The van der Waals surface area contributed by atoms with Crippen LogP contribution in [0.2, 0.25) is 0 Å². The Morgan fingerprint density at radius 3 is 2.90 bits per heavy atom. The van der Waals surface area contributed by atoms with Crippen molar-refractivity contribution in [1.82, 2.24) is 4.98 Å². The zero-order chi connectivity index (χ0) is 14.6. The van der Waals surface area contributed by atoms with Crippen LogP contribution in [-0.4, -0.2) is 11.0 Å². The average Bonchev–Trinajstić information content (AvgIpc) is 3.09. The van der Waals surface area contributed by atoms with Gasteiger partial charge in [-0.15, -0.1) is 0 Å². The predicted octanol–water partition coefficient (Wildman–Crippen LogP) is 2.09. The summed E-state index contributed by atoms with van der Waals surface area (Å²) in [5.41, 5.74) is 4.73. The zero-order valence-corrected chi connectivity index (χ0v) is 11.3. The number of allylic oxidation sites excluding steroid dienone is 1. The SMILES string of the molecule is N#CC1c2c([nH]c3ccccc23)C2=C(CCC2)C1C(=O)[O-]. The molecule has 2 unspecified atom stereocenters. The van der Waals surface area contributed by atoms with Gasteiger partial charge in [0, 0.05) is 28.1 Å². The number of aliphatic carboxylic acids is 1. The summed E-state index contributed by atoms with van der Waals surface area (Å²) in [7, 11) is 0. The topological polar surface area (TPSA) is 79.7 Å². The molecule has 0 fully saturated rings. The molecular formula is C17H13N2O2-. The van der Waals surface area contributed by atoms with Crippen molar-refractivity contribution in [2.45, 2.75) is 25.2 Å². The van der Waals surface area contributed by atoms with Crippen LogP contribution >= 0.6 is 0 Å². The van der Waals surface area contributed by atoms with E-state index in [4.69, 9.17) is 0 Å². The lowest BCUT2D eigenvalue weighted by Crippen LogP contribution is -2.37. The van der Waals surface area contributed by atoms with Crippen molar-refractivity contribution >= 4 is 22.4 Å². The highest BCUT2D eigenvalue weighted by molar-refractivity contribution is 5.95. The number of carbonyl (C=O) groups excluding carboxylic acids is 1. The predicted molar refractivity (Wildman–Crippen MR) is 75.9 cm³/mol. The van der Waals surface area contributed by atoms with Crippen LogP contribution in [0.25, 0.3) is 16.5 Å². The van der Waals surface area contributed by atoms with Crippen molar-refractivity contribution in [3.8, 4) is 6.07 Å². The van der Waals surface area contributed by atoms with Crippen LogP contribution in [-0.2, 0) is 4.79 Å². The fourth-order valence-corrected chi connectivity index (χ4v) is 3.91. The van der Waals surface area contributed by atoms with Crippen LogP contribution < -0.4 is 5.11 Å². The molecule has 0 radical (unpaired) electrons. The highest BCUT2D eigenvalue weighted by Crippen LogP contribution is 2.50. The Labute approximate surface area is 121 Å². The van der Waals surface area contributed by atoms with Crippen molar-refractivity contribution in [1.29, 1.82) is 5.26 Å². The lowest BCUT2D eigenvalue weighted by molar-refractivity contribution is -0.310. The Bertz CT molecular complexity index is 838. The Hall–Kier alpha value is -2.54. The molecule has 0 bridgehead atoms. The number of hydrogen-bond acceptors (Lipinski definition) is 3. The fraction of sp³-hybridized carbons (Fsp3) is 0.294. The number of nitrogens with zero attached hydrogens (tertiary/aromatic N) is 1. The quantitative estimate of drug-likeness (QED) is 0.866. The number of aromatic amines is 1. The van der Waals surface area contributed by atoms with Crippen LogP contribution in [0.5, 0.6) is 0 Å². The third-order valence-electron chi connectivity index (χ3n) is 4.72. The van der Waals surface area contributed by atoms with E-state index in [-0.39, 0.29) is 0 Å². The molecule has 2 aliphatic carbocycles. The molecule has 4 heteroatoms. The fourth-order valence-electron chi connectivity index (χ4n) is 3.91. The maximum Gasteiger partial charge on any atom is 0.0857 e. The van der Waals surface area contributed by atoms with E-state index in [0.29, 0.717) is 0 Å². The van der Waals surface area contributed by atoms with E-state index in [1.807, 2.05) is 24.3 Å². The largest absolute Gasteiger partial charge is 0.549 e. The number of carboxylic acids is 1. The summed E-state index contributed by atoms with van der Waals surface area (Å²) in [5.74, 6) is -2.61. The van der Waals surface area contributed by atoms with E-state index in [0.717, 1.165) is 52.6 Å². The molecular weight excluding hydrogens is 264 g/mol. The first kappa shape index (κ1) is 12.2. The highest BCUT2D eigenvalue weighted by atomic mass is 16.4. The first-order valence-electron chi connectivity index (χ1n) is 7.15. The van der Waals surface area contributed by atoms with E-state index >= 15 is 0 Å². The van der Waals surface area contributed by atoms with E-state index in [1.54, 1.807) is 0 Å². The van der Waals surface area contributed by atoms with Gasteiger partial charge in [0.2, 0.25) is 0 Å². The monoisotopic (exact) mass is 277 g/mol. The number of para-hydroxylation sites is 1. The molecule has 1 aromatic carbocycles. The first-order chi connectivity index (χ1) is 10.2. The Morgan fingerprint density at radius 1 is 1.33 bits per heavy atom. The van der Waals surface area contributed by atoms with Crippen molar-refractivity contribution in [2.75, 3.05) is 0 Å². The standard InChI is InChI=1S/C17H14N2O2/c18-8-12-14-11-4-1-2-7-13(11)19-16(14)10-6-3-5-9(10)15(12)17(20)21/h1-2,4,7,12,15,19H,3,5-6H2,(H,20,21)/p-1. The maximum absolute atomic E-state index is 11.6. The van der Waals surface area contributed by atoms with Gasteiger partial charge in [-0.25, -0.2) is 0 Å². The van der Waals surface area contributed by atoms with Gasteiger partial charge in [-0.1, -0.05) is 23.8 Å². The zero-order valence-electron chi connectivity index (χ0n) is 11.3. The van der Waals surface area contributed by atoms with Gasteiger partial charge in [0.05, 0.1) is 18.0 Å². The molecule has 2 aliphatic rings. The lowest BCUT2D eigenvalue weighted by atomic mass is 9.74. The van der Waals surface area contributed by atoms with Crippen LogP contribution in [0.3, 0.4) is 0 Å². The average molecular weight is 277 g/mol. The minimum Gasteiger partial charge on any atom is -0.549 e. The number of nitriles is 1. The van der Waals surface area contributed by atoms with Gasteiger partial charge < -0.3 is 14.9 Å². The summed E-state index contributed by atoms with van der Waals surface area (Å²) in [6.07, 6.45) is 2.57. The number of benzene rings is 1. The highest BCUT2D eigenvalue weighted by Gasteiger charge is 2.40. The van der Waals surface area contributed by atoms with Crippen molar-refractivity contribution in [3.05, 3.63) is 41.1 Å². The third kappa shape index (κ3) is 1.52. The number of carbonyl (C=O) groups is 1. The minimum atomic E-state index is -1.13. The summed E-state index contributed by atoms with van der Waals surface area (Å²) in [6.45, 7) is 0. The van der Waals surface area contributed by atoms with Gasteiger partial charge in [0.15, 0.2) is 0 Å². The first-order valence-corrected chi connectivity index (χ1v) is 7.15. The molecule has 1 N–H and O–H groups in total. The number of rotatable bonds is 1. The second kappa shape index (κ2) is 4.23. The van der Waals surface area contributed by atoms with E-state index in [9.17, 15) is 15.2 Å². The van der Waals surface area contributed by atoms with E-state index in [1.165, 1.54) is 0 Å². The molecule has 2 atom stereocenters. The Morgan fingerprint density at radius 2 is 2.14 bits per heavy atom. The number of fused-ring (bicyclic) bond motifs is 4. The molecule has 0 aliphatic heterocycles. The number of H-pyrrole nitrogens is 1. The van der Waals surface area contributed by atoms with Crippen LogP contribution in [0.4, 0.5) is 0 Å². The Kier molecular flexibility index (Phi) is 2.46. The number of nitrogens with one attached hydrogen (secondary N) is 1. The summed E-state index contributed by atoms with van der Waals surface area (Å²) in [5, 5.41) is 22.2. The van der Waals surface area contributed by atoms with Crippen LogP contribution in [0.1, 0.15) is 36.4 Å². The van der Waals surface area contributed by atoms with Crippen LogP contribution in [0, 0.1) is 17.2 Å². The lowest BCUT2D eigenvalue weighted by Gasteiger charge is -2.30. The molecule has 1 heterocycles.